The molecule has 2 aromatic carbocycles. The fraction of sp³-hybridized carbons (Fsp3) is 0.615. The van der Waals surface area contributed by atoms with Gasteiger partial charge in [0.05, 0.1) is 29.8 Å². The zero-order valence-corrected chi connectivity index (χ0v) is 43.1. The molecule has 374 valence electrons. The zero-order valence-electron chi connectivity index (χ0n) is 42.1. The van der Waals surface area contributed by atoms with E-state index in [9.17, 15) is 9.18 Å². The van der Waals surface area contributed by atoms with Crippen molar-refractivity contribution in [3.05, 3.63) is 41.5 Å². The third-order valence-corrected chi connectivity index (χ3v) is 21.1. The smallest absolute Gasteiger partial charge is 0.410 e. The number of benzene rings is 2. The van der Waals surface area contributed by atoms with Crippen LogP contribution in [0.4, 0.5) is 23.8 Å². The molecule has 4 aliphatic rings. The van der Waals surface area contributed by atoms with E-state index >= 15 is 8.78 Å². The molecule has 4 atom stereocenters. The summed E-state index contributed by atoms with van der Waals surface area (Å²) in [5.41, 5.74) is 3.27. The van der Waals surface area contributed by atoms with Crippen LogP contribution in [0.15, 0.2) is 24.3 Å². The zero-order chi connectivity index (χ0) is 49.6. The molecule has 4 aromatic rings. The topological polar surface area (TPSA) is 121 Å². The Morgan fingerprint density at radius 3 is 2.26 bits per heavy atom. The molecule has 0 N–H and O–H groups in total. The Hall–Kier alpha value is -4.89. The van der Waals surface area contributed by atoms with Gasteiger partial charge in [0.15, 0.2) is 12.6 Å². The first-order valence-electron chi connectivity index (χ1n) is 24.5. The van der Waals surface area contributed by atoms with Crippen molar-refractivity contribution in [3.8, 4) is 40.4 Å². The lowest BCUT2D eigenvalue weighted by molar-refractivity contribution is 0.0122. The number of anilines is 1. The van der Waals surface area contributed by atoms with Gasteiger partial charge in [-0.3, -0.25) is 9.80 Å². The fourth-order valence-electron chi connectivity index (χ4n) is 11.8. The summed E-state index contributed by atoms with van der Waals surface area (Å²) in [6.45, 7) is 20.7. The lowest BCUT2D eigenvalue weighted by Gasteiger charge is -2.42. The van der Waals surface area contributed by atoms with Gasteiger partial charge in [-0.05, 0) is 93.2 Å². The second-order valence-corrected chi connectivity index (χ2v) is 26.8. The molecule has 2 bridgehead atoms. The number of fused-ring (bicyclic) bond motifs is 5. The molecule has 13 nitrogen and oxygen atoms in total. The monoisotopic (exact) mass is 974 g/mol. The minimum atomic E-state index is -2.39. The highest BCUT2D eigenvalue weighted by Crippen LogP contribution is 2.46. The van der Waals surface area contributed by atoms with E-state index in [1.807, 2.05) is 30.6 Å². The number of nitrogens with zero attached hydrogens (tertiary/aromatic N) is 6. The molecule has 4 saturated heterocycles. The Balaban J connectivity index is 1.36. The third kappa shape index (κ3) is 9.79. The summed E-state index contributed by atoms with van der Waals surface area (Å²) >= 11 is 0. The van der Waals surface area contributed by atoms with Crippen LogP contribution in [-0.4, -0.2) is 135 Å². The molecule has 0 saturated carbocycles. The van der Waals surface area contributed by atoms with Crippen LogP contribution in [0.2, 0.25) is 16.6 Å². The van der Waals surface area contributed by atoms with Gasteiger partial charge in [0, 0.05) is 51.2 Å². The van der Waals surface area contributed by atoms with E-state index < -0.39 is 37.0 Å². The Bertz CT molecular complexity index is 2580. The number of halogens is 3. The summed E-state index contributed by atoms with van der Waals surface area (Å²) in [4.78, 5) is 34.4. The third-order valence-electron chi connectivity index (χ3n) is 14.8. The minimum absolute atomic E-state index is 0.0183. The number of piperazine rings is 1. The van der Waals surface area contributed by atoms with E-state index in [-0.39, 0.29) is 101 Å². The van der Waals surface area contributed by atoms with Gasteiger partial charge in [0.1, 0.15) is 67.0 Å². The summed E-state index contributed by atoms with van der Waals surface area (Å²) in [6, 6.07) is 5.82. The number of pyridine rings is 1. The number of ether oxygens (including phenoxy) is 6. The van der Waals surface area contributed by atoms with E-state index in [1.54, 1.807) is 25.3 Å². The summed E-state index contributed by atoms with van der Waals surface area (Å²) in [5, 5.41) is 1.09. The van der Waals surface area contributed by atoms with Crippen LogP contribution < -0.4 is 19.1 Å². The maximum Gasteiger partial charge on any atom is 0.410 e. The van der Waals surface area contributed by atoms with Crippen LogP contribution >= 0.6 is 0 Å². The molecule has 0 spiro atoms. The molecule has 17 heteroatoms. The van der Waals surface area contributed by atoms with Crippen molar-refractivity contribution in [2.75, 3.05) is 71.9 Å². The number of rotatable bonds is 15. The number of methoxy groups -OCH3 is 2. The molecule has 1 amide bonds. The standard InChI is InChI=1S/C52H69F3N6O7Si/c1-31(2)69(32(3)4,33(5)6)22-17-39-41(54)16-13-34-23-38(67-30-64-11)24-40(42(34)39)45-44(55)46-43(48(56-45)65-21-20-63-10)47(58-49(57-46)66-29-52-18-12-19-60(52)26-35(53)25-52)59-27-36-14-15-37(28-59)61(36)50(62)68-51(7,8)9/h13,16,23-24,31-33,35-37H,12,14-15,18-21,25-30H2,1-11H3/t35-,36?,37?,52+/m1/s1. The van der Waals surface area contributed by atoms with Crippen LogP contribution in [0.5, 0.6) is 17.6 Å². The highest BCUT2D eigenvalue weighted by molar-refractivity contribution is 6.90. The normalized spacial score (nSPS) is 21.7. The van der Waals surface area contributed by atoms with Gasteiger partial charge in [-0.25, -0.2) is 22.9 Å². The summed E-state index contributed by atoms with van der Waals surface area (Å²) in [5.74, 6) is 2.62. The highest BCUT2D eigenvalue weighted by Gasteiger charge is 2.50. The van der Waals surface area contributed by atoms with Crippen molar-refractivity contribution in [3.63, 3.8) is 0 Å². The summed E-state index contributed by atoms with van der Waals surface area (Å²) in [7, 11) is 0.663. The molecular weight excluding hydrogens is 906 g/mol. The Morgan fingerprint density at radius 2 is 1.61 bits per heavy atom. The van der Waals surface area contributed by atoms with Crippen molar-refractivity contribution in [1.29, 1.82) is 0 Å². The predicted molar refractivity (Wildman–Crippen MR) is 264 cm³/mol. The summed E-state index contributed by atoms with van der Waals surface area (Å²) in [6.07, 6.45) is 2.05. The van der Waals surface area contributed by atoms with Gasteiger partial charge < -0.3 is 33.3 Å². The number of hydrogen-bond donors (Lipinski definition) is 0. The van der Waals surface area contributed by atoms with Crippen molar-refractivity contribution in [1.82, 2.24) is 24.8 Å². The van der Waals surface area contributed by atoms with Crippen LogP contribution in [0.1, 0.15) is 100.0 Å². The van der Waals surface area contributed by atoms with Gasteiger partial charge in [-0.15, -0.1) is 5.54 Å². The number of aromatic nitrogens is 3. The second kappa shape index (κ2) is 20.1. The van der Waals surface area contributed by atoms with Crippen molar-refractivity contribution >= 4 is 41.7 Å². The number of hydrogen-bond acceptors (Lipinski definition) is 12. The summed E-state index contributed by atoms with van der Waals surface area (Å²) < 4.78 is 85.4. The van der Waals surface area contributed by atoms with Gasteiger partial charge in [0.2, 0.25) is 5.88 Å². The van der Waals surface area contributed by atoms with Gasteiger partial charge in [0.25, 0.3) is 0 Å². The van der Waals surface area contributed by atoms with E-state index in [2.05, 4.69) is 57.9 Å². The first-order valence-corrected chi connectivity index (χ1v) is 26.8. The lowest BCUT2D eigenvalue weighted by atomic mass is 9.95. The number of carbonyl (C=O) groups excluding carboxylic acids is 1. The maximum atomic E-state index is 18.4. The van der Waals surface area contributed by atoms with Crippen molar-refractivity contribution in [2.45, 2.75) is 140 Å². The lowest BCUT2D eigenvalue weighted by Crippen LogP contribution is -2.57. The van der Waals surface area contributed by atoms with E-state index in [4.69, 9.17) is 43.4 Å². The van der Waals surface area contributed by atoms with Gasteiger partial charge in [-0.1, -0.05) is 53.5 Å². The Morgan fingerprint density at radius 1 is 0.899 bits per heavy atom. The predicted octanol–water partition coefficient (Wildman–Crippen LogP) is 10.2. The van der Waals surface area contributed by atoms with E-state index in [0.29, 0.717) is 48.4 Å². The minimum Gasteiger partial charge on any atom is -0.475 e. The van der Waals surface area contributed by atoms with E-state index in [1.165, 1.54) is 13.2 Å². The molecular formula is C52H69F3N6O7Si. The molecule has 2 unspecified atom stereocenters. The van der Waals surface area contributed by atoms with Gasteiger partial charge in [-0.2, -0.15) is 9.97 Å². The highest BCUT2D eigenvalue weighted by atomic mass is 28.3. The molecule has 2 aromatic heterocycles. The molecule has 6 heterocycles. The number of amides is 1. The fourth-order valence-corrected chi connectivity index (χ4v) is 17.0. The Labute approximate surface area is 405 Å². The van der Waals surface area contributed by atoms with Crippen LogP contribution in [0.25, 0.3) is 32.9 Å². The average molecular weight is 975 g/mol. The van der Waals surface area contributed by atoms with Crippen LogP contribution in [0.3, 0.4) is 0 Å². The van der Waals surface area contributed by atoms with Crippen molar-refractivity contribution in [2.24, 2.45) is 0 Å². The SMILES string of the molecule is COCCOc1nc(-c2cc(OCOC)cc3ccc(F)c(C#C[Si](C(C)C)(C(C)C)C(C)C)c23)c(F)c2nc(OC[C@@]34CCCN3C[C@H](F)C4)nc(N3CC4CCC(C3)N4C(=O)OC(C)(C)C)c12. The quantitative estimate of drug-likeness (QED) is 0.0488. The van der Waals surface area contributed by atoms with Crippen molar-refractivity contribution < 1.29 is 46.4 Å². The first-order chi connectivity index (χ1) is 32.8. The Kier molecular flexibility index (Phi) is 14.7. The largest absolute Gasteiger partial charge is 0.475 e. The molecule has 69 heavy (non-hydrogen) atoms. The first kappa shape index (κ1) is 50.5. The molecule has 0 radical (unpaired) electrons. The second-order valence-electron chi connectivity index (χ2n) is 21.2. The number of alkyl halides is 1. The van der Waals surface area contributed by atoms with Gasteiger partial charge >= 0.3 is 12.1 Å². The maximum absolute atomic E-state index is 18.4. The molecule has 4 aliphatic heterocycles. The number of carbonyl (C=O) groups is 1. The van der Waals surface area contributed by atoms with Crippen LogP contribution in [0, 0.1) is 23.1 Å². The van der Waals surface area contributed by atoms with Crippen LogP contribution in [-0.2, 0) is 14.2 Å². The average Bonchev–Trinajstić information content (AvgIpc) is 3.91. The molecule has 0 aliphatic carbocycles. The molecule has 8 rings (SSSR count). The molecule has 4 fully saturated rings. The van der Waals surface area contributed by atoms with E-state index in [0.717, 1.165) is 32.2 Å².